The summed E-state index contributed by atoms with van der Waals surface area (Å²) in [6, 6.07) is 9.83. The Labute approximate surface area is 167 Å². The first-order valence-electron chi connectivity index (χ1n) is 9.03. The fourth-order valence-corrected chi connectivity index (χ4v) is 2.60. The molecule has 0 atom stereocenters. The smallest absolute Gasteiger partial charge is 0.253 e. The molecule has 2 amide bonds. The van der Waals surface area contributed by atoms with Crippen LogP contribution in [0.25, 0.3) is 11.3 Å². The molecule has 9 heteroatoms. The first kappa shape index (κ1) is 20.0. The van der Waals surface area contributed by atoms with Crippen molar-refractivity contribution in [3.05, 3.63) is 71.9 Å². The van der Waals surface area contributed by atoms with E-state index in [2.05, 4.69) is 26.1 Å². The molecule has 29 heavy (non-hydrogen) atoms. The van der Waals surface area contributed by atoms with E-state index in [0.717, 1.165) is 11.1 Å². The maximum absolute atomic E-state index is 13.2. The number of hydrogen-bond acceptors (Lipinski definition) is 5. The largest absolute Gasteiger partial charge is 0.358 e. The Morgan fingerprint density at radius 1 is 1.17 bits per heavy atom. The van der Waals surface area contributed by atoms with E-state index < -0.39 is 0 Å². The van der Waals surface area contributed by atoms with E-state index in [1.54, 1.807) is 35.4 Å². The first-order chi connectivity index (χ1) is 14.0. The van der Waals surface area contributed by atoms with Crippen molar-refractivity contribution in [1.82, 2.24) is 25.5 Å². The standard InChI is InChI=1S/C20H21FN6O2/c1-22-19(28)12-24-20(29)15-5-6-18(23-10-15)16-11-26-27(13-16)25-8-7-14-3-2-4-17(21)9-14/h2-6,9-11,13,25H,7-8,12H2,1H3,(H,22,28)(H,24,29). The number of amides is 2. The second-order valence-electron chi connectivity index (χ2n) is 6.25. The quantitative estimate of drug-likeness (QED) is 0.534. The molecule has 0 spiro atoms. The summed E-state index contributed by atoms with van der Waals surface area (Å²) >= 11 is 0. The Balaban J connectivity index is 1.54. The summed E-state index contributed by atoms with van der Waals surface area (Å²) in [7, 11) is 1.50. The third-order valence-electron chi connectivity index (χ3n) is 4.17. The molecule has 2 aromatic heterocycles. The summed E-state index contributed by atoms with van der Waals surface area (Å²) in [5, 5.41) is 9.17. The van der Waals surface area contributed by atoms with Gasteiger partial charge in [-0.25, -0.2) is 4.39 Å². The molecule has 8 nitrogen and oxygen atoms in total. The highest BCUT2D eigenvalue weighted by atomic mass is 19.1. The van der Waals surface area contributed by atoms with Gasteiger partial charge in [-0.1, -0.05) is 12.1 Å². The van der Waals surface area contributed by atoms with Crippen molar-refractivity contribution < 1.29 is 14.0 Å². The number of halogens is 1. The summed E-state index contributed by atoms with van der Waals surface area (Å²) in [5.74, 6) is -0.900. The van der Waals surface area contributed by atoms with Gasteiger partial charge in [0.1, 0.15) is 5.82 Å². The molecule has 0 aliphatic rings. The van der Waals surface area contributed by atoms with Crippen molar-refractivity contribution in [2.75, 3.05) is 25.6 Å². The molecule has 0 aliphatic carbocycles. The molecule has 0 saturated carbocycles. The normalized spacial score (nSPS) is 10.4. The third kappa shape index (κ3) is 5.61. The van der Waals surface area contributed by atoms with Gasteiger partial charge in [-0.05, 0) is 36.2 Å². The molecule has 2 heterocycles. The topological polar surface area (TPSA) is 101 Å². The van der Waals surface area contributed by atoms with Crippen LogP contribution < -0.4 is 16.1 Å². The maximum Gasteiger partial charge on any atom is 0.253 e. The molecule has 0 radical (unpaired) electrons. The van der Waals surface area contributed by atoms with Gasteiger partial charge < -0.3 is 16.1 Å². The number of nitrogens with zero attached hydrogens (tertiary/aromatic N) is 3. The Hall–Kier alpha value is -3.75. The van der Waals surface area contributed by atoms with Crippen LogP contribution in [0.1, 0.15) is 15.9 Å². The van der Waals surface area contributed by atoms with Gasteiger partial charge in [-0.2, -0.15) is 9.89 Å². The summed E-state index contributed by atoms with van der Waals surface area (Å²) in [5.41, 5.74) is 5.81. The minimum atomic E-state index is -0.373. The lowest BCUT2D eigenvalue weighted by Crippen LogP contribution is -2.35. The van der Waals surface area contributed by atoms with Gasteiger partial charge in [0.25, 0.3) is 5.91 Å². The van der Waals surface area contributed by atoms with Crippen LogP contribution in [0.5, 0.6) is 0 Å². The summed E-state index contributed by atoms with van der Waals surface area (Å²) in [6.45, 7) is 0.494. The molecule has 150 valence electrons. The van der Waals surface area contributed by atoms with Crippen LogP contribution in [0.3, 0.4) is 0 Å². The second kappa shape index (κ2) is 9.45. The Morgan fingerprint density at radius 3 is 2.76 bits per heavy atom. The van der Waals surface area contributed by atoms with Gasteiger partial charge in [-0.3, -0.25) is 14.6 Å². The van der Waals surface area contributed by atoms with Gasteiger partial charge in [-0.15, -0.1) is 0 Å². The molecule has 0 fully saturated rings. The van der Waals surface area contributed by atoms with Crippen LogP contribution in [0.15, 0.2) is 55.0 Å². The number of hydrogen-bond donors (Lipinski definition) is 3. The number of likely N-dealkylation sites (N-methyl/N-ethyl adjacent to an activating group) is 1. The van der Waals surface area contributed by atoms with E-state index in [1.807, 2.05) is 6.07 Å². The number of carbonyl (C=O) groups excluding carboxylic acids is 2. The molecule has 3 aromatic rings. The van der Waals surface area contributed by atoms with Crippen LogP contribution in [-0.4, -0.2) is 46.8 Å². The second-order valence-corrected chi connectivity index (χ2v) is 6.25. The molecule has 0 aliphatic heterocycles. The monoisotopic (exact) mass is 396 g/mol. The lowest BCUT2D eigenvalue weighted by atomic mass is 10.1. The van der Waals surface area contributed by atoms with Crippen LogP contribution in [-0.2, 0) is 11.2 Å². The van der Waals surface area contributed by atoms with E-state index in [4.69, 9.17) is 0 Å². The number of rotatable bonds is 8. The Morgan fingerprint density at radius 2 is 2.03 bits per heavy atom. The molecular formula is C20H21FN6O2. The summed E-state index contributed by atoms with van der Waals surface area (Å²) < 4.78 is 13.2. The zero-order valence-corrected chi connectivity index (χ0v) is 15.9. The molecule has 3 rings (SSSR count). The Kier molecular flexibility index (Phi) is 6.51. The van der Waals surface area contributed by atoms with E-state index in [0.29, 0.717) is 24.2 Å². The minimum absolute atomic E-state index is 0.0921. The predicted octanol–water partition coefficient (Wildman–Crippen LogP) is 1.35. The van der Waals surface area contributed by atoms with Crippen LogP contribution in [0.2, 0.25) is 0 Å². The first-order valence-corrected chi connectivity index (χ1v) is 9.03. The zero-order valence-electron chi connectivity index (χ0n) is 15.9. The molecule has 0 bridgehead atoms. The average Bonchev–Trinajstić information content (AvgIpc) is 3.21. The maximum atomic E-state index is 13.2. The SMILES string of the molecule is CNC(=O)CNC(=O)c1ccc(-c2cnn(NCCc3cccc(F)c3)c2)nc1. The van der Waals surface area contributed by atoms with Crippen molar-refractivity contribution in [1.29, 1.82) is 0 Å². The van der Waals surface area contributed by atoms with E-state index in [1.165, 1.54) is 25.4 Å². The predicted molar refractivity (Wildman–Crippen MR) is 106 cm³/mol. The number of pyridine rings is 1. The zero-order chi connectivity index (χ0) is 20.6. The summed E-state index contributed by atoms with van der Waals surface area (Å²) in [4.78, 5) is 29.0. The van der Waals surface area contributed by atoms with Crippen LogP contribution >= 0.6 is 0 Å². The van der Waals surface area contributed by atoms with Crippen molar-refractivity contribution in [2.45, 2.75) is 6.42 Å². The van der Waals surface area contributed by atoms with Crippen molar-refractivity contribution in [3.63, 3.8) is 0 Å². The molecule has 3 N–H and O–H groups in total. The highest BCUT2D eigenvalue weighted by Crippen LogP contribution is 2.15. The molecule has 0 unspecified atom stereocenters. The van der Waals surface area contributed by atoms with Crippen LogP contribution in [0, 0.1) is 5.82 Å². The van der Waals surface area contributed by atoms with Crippen molar-refractivity contribution in [2.24, 2.45) is 0 Å². The van der Waals surface area contributed by atoms with Gasteiger partial charge in [0.2, 0.25) is 5.91 Å². The van der Waals surface area contributed by atoms with Gasteiger partial charge in [0.15, 0.2) is 0 Å². The minimum Gasteiger partial charge on any atom is -0.358 e. The highest BCUT2D eigenvalue weighted by molar-refractivity contribution is 5.96. The Bertz CT molecular complexity index is 987. The van der Waals surface area contributed by atoms with Gasteiger partial charge in [0, 0.05) is 25.4 Å². The highest BCUT2D eigenvalue weighted by Gasteiger charge is 2.09. The van der Waals surface area contributed by atoms with Crippen LogP contribution in [0.4, 0.5) is 4.39 Å². The fraction of sp³-hybridized carbons (Fsp3) is 0.200. The lowest BCUT2D eigenvalue weighted by Gasteiger charge is -2.06. The molecular weight excluding hydrogens is 375 g/mol. The average molecular weight is 396 g/mol. The van der Waals surface area contributed by atoms with Gasteiger partial charge >= 0.3 is 0 Å². The lowest BCUT2D eigenvalue weighted by molar-refractivity contribution is -0.119. The van der Waals surface area contributed by atoms with Gasteiger partial charge in [0.05, 0.1) is 30.2 Å². The van der Waals surface area contributed by atoms with E-state index in [9.17, 15) is 14.0 Å². The third-order valence-corrected chi connectivity index (χ3v) is 4.17. The van der Waals surface area contributed by atoms with Crippen molar-refractivity contribution >= 4 is 11.8 Å². The number of benzene rings is 1. The summed E-state index contributed by atoms with van der Waals surface area (Å²) in [6.07, 6.45) is 5.54. The fourth-order valence-electron chi connectivity index (χ4n) is 2.60. The molecule has 0 saturated heterocycles. The van der Waals surface area contributed by atoms with E-state index >= 15 is 0 Å². The van der Waals surface area contributed by atoms with Crippen molar-refractivity contribution in [3.8, 4) is 11.3 Å². The number of aromatic nitrogens is 3. The number of carbonyl (C=O) groups is 2. The van der Waals surface area contributed by atoms with E-state index in [-0.39, 0.29) is 24.2 Å². The number of nitrogens with one attached hydrogen (secondary N) is 3. The molecule has 1 aromatic carbocycles.